The van der Waals surface area contributed by atoms with E-state index in [0.717, 1.165) is 83.5 Å². The molecule has 0 aromatic rings. The minimum atomic E-state index is -0.860. The quantitative estimate of drug-likeness (QED) is 0.0331. The van der Waals surface area contributed by atoms with Crippen molar-refractivity contribution in [3.05, 3.63) is 36.5 Å². The lowest BCUT2D eigenvalue weighted by molar-refractivity contribution is -0.143. The van der Waals surface area contributed by atoms with Crippen LogP contribution in [-0.4, -0.2) is 47.4 Å². The van der Waals surface area contributed by atoms with Crippen molar-refractivity contribution in [1.82, 2.24) is 5.32 Å². The van der Waals surface area contributed by atoms with Crippen LogP contribution in [0.1, 0.15) is 219 Å². The average Bonchev–Trinajstić information content (AvgIpc) is 3.14. The number of amides is 1. The van der Waals surface area contributed by atoms with Crippen molar-refractivity contribution in [3.63, 3.8) is 0 Å². The Hall–Kier alpha value is -1.92. The lowest BCUT2D eigenvalue weighted by Crippen LogP contribution is -2.45. The fourth-order valence-corrected chi connectivity index (χ4v) is 6.38. The van der Waals surface area contributed by atoms with E-state index in [1.807, 2.05) is 6.08 Å². The first kappa shape index (κ1) is 50.1. The predicted molar refractivity (Wildman–Crippen MR) is 222 cm³/mol. The van der Waals surface area contributed by atoms with Crippen molar-refractivity contribution >= 4 is 11.9 Å². The minimum absolute atomic E-state index is 0.0431. The normalized spacial score (nSPS) is 13.1. The van der Waals surface area contributed by atoms with Crippen LogP contribution < -0.4 is 5.32 Å². The molecule has 0 spiro atoms. The van der Waals surface area contributed by atoms with E-state index in [9.17, 15) is 19.8 Å². The predicted octanol–water partition coefficient (Wildman–Crippen LogP) is 12.6. The highest BCUT2D eigenvalue weighted by Gasteiger charge is 2.18. The number of rotatable bonds is 40. The third-order valence-corrected chi connectivity index (χ3v) is 9.88. The smallest absolute Gasteiger partial charge is 0.305 e. The summed E-state index contributed by atoms with van der Waals surface area (Å²) in [6.07, 6.45) is 48.4. The maximum absolute atomic E-state index is 12.3. The number of ether oxygens (including phenoxy) is 1. The van der Waals surface area contributed by atoms with E-state index >= 15 is 0 Å². The summed E-state index contributed by atoms with van der Waals surface area (Å²) < 4.78 is 5.41. The SMILES string of the molecule is CCCCCCC/C=C\CCCCCCCC(=O)OCCCC/C=C\CCCCCCCC(=O)NC(CO)C(O)/C=C/CCCCCCCCCC. The number of aliphatic hydroxyl groups excluding tert-OH is 2. The van der Waals surface area contributed by atoms with Crippen LogP contribution in [0.2, 0.25) is 0 Å². The van der Waals surface area contributed by atoms with E-state index in [2.05, 4.69) is 43.5 Å². The number of aliphatic hydroxyl groups is 2. The van der Waals surface area contributed by atoms with Gasteiger partial charge in [0.05, 0.1) is 25.4 Å². The molecule has 52 heavy (non-hydrogen) atoms. The lowest BCUT2D eigenvalue weighted by Gasteiger charge is -2.20. The van der Waals surface area contributed by atoms with Gasteiger partial charge in [-0.3, -0.25) is 9.59 Å². The highest BCUT2D eigenvalue weighted by Crippen LogP contribution is 2.13. The van der Waals surface area contributed by atoms with Crippen LogP contribution in [0.25, 0.3) is 0 Å². The number of carbonyl (C=O) groups is 2. The van der Waals surface area contributed by atoms with Gasteiger partial charge >= 0.3 is 5.97 Å². The second-order valence-corrected chi connectivity index (χ2v) is 15.0. The number of allylic oxidation sites excluding steroid dienone is 5. The first-order valence-corrected chi connectivity index (χ1v) is 22.3. The van der Waals surface area contributed by atoms with Crippen molar-refractivity contribution < 1.29 is 24.5 Å². The number of unbranched alkanes of at least 4 members (excludes halogenated alkanes) is 25. The molecule has 0 bridgehead atoms. The molecule has 0 aliphatic carbocycles. The Balaban J connectivity index is 3.56. The molecule has 6 nitrogen and oxygen atoms in total. The number of hydrogen-bond donors (Lipinski definition) is 3. The molecule has 2 unspecified atom stereocenters. The standard InChI is InChI=1S/C46H85NO5/c1-3-5-7-9-11-13-15-16-17-20-24-28-32-36-40-46(51)52-41-37-33-29-25-21-18-19-23-27-31-35-39-45(50)47-43(42-48)44(49)38-34-30-26-22-14-12-10-8-6-4-2/h15-16,21,25,34,38,43-44,48-49H,3-14,17-20,22-24,26-33,35-37,39-42H2,1-2H3,(H,47,50)/b16-15-,25-21-,38-34+. The Morgan fingerprint density at radius 2 is 0.904 bits per heavy atom. The van der Waals surface area contributed by atoms with Crippen LogP contribution in [0.5, 0.6) is 0 Å². The van der Waals surface area contributed by atoms with Gasteiger partial charge in [0.15, 0.2) is 0 Å². The van der Waals surface area contributed by atoms with Crippen LogP contribution in [-0.2, 0) is 14.3 Å². The average molecular weight is 732 g/mol. The van der Waals surface area contributed by atoms with Gasteiger partial charge in [0.2, 0.25) is 5.91 Å². The van der Waals surface area contributed by atoms with Crippen molar-refractivity contribution in [3.8, 4) is 0 Å². The van der Waals surface area contributed by atoms with E-state index in [1.165, 1.54) is 109 Å². The third-order valence-electron chi connectivity index (χ3n) is 9.88. The van der Waals surface area contributed by atoms with Crippen molar-refractivity contribution in [2.24, 2.45) is 0 Å². The monoisotopic (exact) mass is 732 g/mol. The van der Waals surface area contributed by atoms with Gasteiger partial charge in [0.1, 0.15) is 0 Å². The highest BCUT2D eigenvalue weighted by molar-refractivity contribution is 5.76. The van der Waals surface area contributed by atoms with Crippen LogP contribution in [0.15, 0.2) is 36.5 Å². The third kappa shape index (κ3) is 37.8. The van der Waals surface area contributed by atoms with Crippen molar-refractivity contribution in [1.29, 1.82) is 0 Å². The van der Waals surface area contributed by atoms with Gasteiger partial charge in [-0.1, -0.05) is 159 Å². The molecule has 304 valence electrons. The Morgan fingerprint density at radius 1 is 0.519 bits per heavy atom. The summed E-state index contributed by atoms with van der Waals surface area (Å²) >= 11 is 0. The summed E-state index contributed by atoms with van der Waals surface area (Å²) in [6, 6.07) is -0.647. The minimum Gasteiger partial charge on any atom is -0.466 e. The Morgan fingerprint density at radius 3 is 1.37 bits per heavy atom. The van der Waals surface area contributed by atoms with Gasteiger partial charge < -0.3 is 20.3 Å². The van der Waals surface area contributed by atoms with Gasteiger partial charge in [-0.05, 0) is 83.5 Å². The van der Waals surface area contributed by atoms with Crippen LogP contribution in [0, 0.1) is 0 Å². The number of nitrogens with one attached hydrogen (secondary N) is 1. The van der Waals surface area contributed by atoms with Gasteiger partial charge in [-0.15, -0.1) is 0 Å². The zero-order chi connectivity index (χ0) is 38.0. The fourth-order valence-electron chi connectivity index (χ4n) is 6.38. The van der Waals surface area contributed by atoms with Crippen LogP contribution >= 0.6 is 0 Å². The van der Waals surface area contributed by atoms with E-state index in [0.29, 0.717) is 19.4 Å². The first-order valence-electron chi connectivity index (χ1n) is 22.3. The molecule has 0 saturated heterocycles. The summed E-state index contributed by atoms with van der Waals surface area (Å²) in [4.78, 5) is 24.3. The zero-order valence-corrected chi connectivity index (χ0v) is 34.3. The molecule has 0 rings (SSSR count). The summed E-state index contributed by atoms with van der Waals surface area (Å²) in [7, 11) is 0. The lowest BCUT2D eigenvalue weighted by atomic mass is 10.1. The van der Waals surface area contributed by atoms with Gasteiger partial charge in [-0.25, -0.2) is 0 Å². The van der Waals surface area contributed by atoms with Crippen molar-refractivity contribution in [2.45, 2.75) is 231 Å². The molecule has 0 fully saturated rings. The van der Waals surface area contributed by atoms with Gasteiger partial charge in [0.25, 0.3) is 0 Å². The molecule has 1 amide bonds. The Kier molecular flexibility index (Phi) is 40.3. The number of carbonyl (C=O) groups excluding carboxylic acids is 2. The maximum atomic E-state index is 12.3. The Labute approximate surface area is 322 Å². The molecule has 0 saturated carbocycles. The molecule has 0 aliphatic rings. The molecule has 3 N–H and O–H groups in total. The van der Waals surface area contributed by atoms with E-state index in [1.54, 1.807) is 6.08 Å². The summed E-state index contributed by atoms with van der Waals surface area (Å²) in [6.45, 7) is 4.77. The molecule has 0 heterocycles. The Bertz CT molecular complexity index is 854. The molecule has 0 aliphatic heterocycles. The number of esters is 1. The van der Waals surface area contributed by atoms with E-state index < -0.39 is 12.1 Å². The van der Waals surface area contributed by atoms with Crippen molar-refractivity contribution in [2.75, 3.05) is 13.2 Å². The molecule has 2 atom stereocenters. The number of hydrogen-bond acceptors (Lipinski definition) is 5. The topological polar surface area (TPSA) is 95.9 Å². The first-order chi connectivity index (χ1) is 25.5. The fraction of sp³-hybridized carbons (Fsp3) is 0.826. The van der Waals surface area contributed by atoms with Crippen LogP contribution in [0.4, 0.5) is 0 Å². The second-order valence-electron chi connectivity index (χ2n) is 15.0. The molecular formula is C46H85NO5. The van der Waals surface area contributed by atoms with E-state index in [-0.39, 0.29) is 18.5 Å². The largest absolute Gasteiger partial charge is 0.466 e. The highest BCUT2D eigenvalue weighted by atomic mass is 16.5. The second kappa shape index (κ2) is 41.8. The molecule has 0 radical (unpaired) electrons. The van der Waals surface area contributed by atoms with Gasteiger partial charge in [-0.2, -0.15) is 0 Å². The zero-order valence-electron chi connectivity index (χ0n) is 34.3. The summed E-state index contributed by atoms with van der Waals surface area (Å²) in [5.41, 5.74) is 0. The summed E-state index contributed by atoms with van der Waals surface area (Å²) in [5, 5.41) is 22.9. The van der Waals surface area contributed by atoms with E-state index in [4.69, 9.17) is 4.74 Å². The van der Waals surface area contributed by atoms with Gasteiger partial charge in [0, 0.05) is 12.8 Å². The molecule has 6 heteroatoms. The molecular weight excluding hydrogens is 647 g/mol. The molecule has 0 aromatic heterocycles. The van der Waals surface area contributed by atoms with Crippen LogP contribution in [0.3, 0.4) is 0 Å². The maximum Gasteiger partial charge on any atom is 0.305 e. The summed E-state index contributed by atoms with van der Waals surface area (Å²) in [5.74, 6) is -0.145. The molecule has 0 aromatic carbocycles.